The standard InChI is InChI=1S/C24H17Cl2N9O3S/c25-16-8-9-20(18(26)11-16)34-22(13-33-21-7-2-1-6-19(21)28-32-33)29-31-24(34)39-14-23(36)30-27-12-15-4-3-5-17(10-15)35(37)38/h1-12H,13-14H2,(H,30,36)/b27-12-. The molecule has 0 saturated carbocycles. The summed E-state index contributed by atoms with van der Waals surface area (Å²) in [6.45, 7) is 0.243. The average Bonchev–Trinajstić information content (AvgIpc) is 3.52. The van der Waals surface area contributed by atoms with Crippen molar-refractivity contribution >= 4 is 63.8 Å². The highest BCUT2D eigenvalue weighted by Gasteiger charge is 2.19. The van der Waals surface area contributed by atoms with Crippen molar-refractivity contribution in [3.05, 3.63) is 98.3 Å². The zero-order valence-electron chi connectivity index (χ0n) is 19.8. The van der Waals surface area contributed by atoms with Crippen molar-refractivity contribution in [1.29, 1.82) is 0 Å². The SMILES string of the molecule is O=C(CSc1nnc(Cn2nnc3ccccc32)n1-c1ccc(Cl)cc1Cl)N/N=C\c1cccc([N+](=O)[O-])c1. The van der Waals surface area contributed by atoms with Crippen LogP contribution in [0.3, 0.4) is 0 Å². The Morgan fingerprint density at radius 3 is 2.74 bits per heavy atom. The van der Waals surface area contributed by atoms with E-state index < -0.39 is 10.8 Å². The lowest BCUT2D eigenvalue weighted by Gasteiger charge is -2.12. The first kappa shape index (κ1) is 26.3. The minimum absolute atomic E-state index is 0.0398. The number of thioether (sulfide) groups is 1. The molecule has 0 atom stereocenters. The molecule has 1 N–H and O–H groups in total. The Balaban J connectivity index is 1.35. The van der Waals surface area contributed by atoms with E-state index in [2.05, 4.69) is 31.0 Å². The van der Waals surface area contributed by atoms with E-state index in [1.807, 2.05) is 24.3 Å². The molecule has 0 bridgehead atoms. The van der Waals surface area contributed by atoms with Crippen molar-refractivity contribution in [3.8, 4) is 5.69 Å². The summed E-state index contributed by atoms with van der Waals surface area (Å²) in [6, 6.07) is 18.5. The van der Waals surface area contributed by atoms with E-state index in [0.717, 1.165) is 22.8 Å². The minimum atomic E-state index is -0.505. The molecule has 2 heterocycles. The van der Waals surface area contributed by atoms with Gasteiger partial charge in [-0.3, -0.25) is 19.5 Å². The van der Waals surface area contributed by atoms with Gasteiger partial charge in [0.05, 0.1) is 33.1 Å². The molecule has 0 spiro atoms. The third kappa shape index (κ3) is 6.06. The molecule has 0 aliphatic carbocycles. The monoisotopic (exact) mass is 581 g/mol. The molecule has 3 aromatic carbocycles. The maximum absolute atomic E-state index is 12.5. The van der Waals surface area contributed by atoms with E-state index in [9.17, 15) is 14.9 Å². The van der Waals surface area contributed by atoms with Gasteiger partial charge in [0, 0.05) is 22.7 Å². The number of aromatic nitrogens is 6. The van der Waals surface area contributed by atoms with Crippen molar-refractivity contribution in [3.63, 3.8) is 0 Å². The first-order chi connectivity index (χ1) is 18.9. The number of halogens is 2. The van der Waals surface area contributed by atoms with Gasteiger partial charge in [-0.2, -0.15) is 5.10 Å². The lowest BCUT2D eigenvalue weighted by Crippen LogP contribution is -2.20. The van der Waals surface area contributed by atoms with Crippen LogP contribution in [0.1, 0.15) is 11.4 Å². The van der Waals surface area contributed by atoms with Gasteiger partial charge in [0.2, 0.25) is 0 Å². The maximum Gasteiger partial charge on any atom is 0.270 e. The number of nitro benzene ring substituents is 1. The summed E-state index contributed by atoms with van der Waals surface area (Å²) in [5, 5.41) is 33.1. The molecule has 5 rings (SSSR count). The molecule has 0 aliphatic rings. The van der Waals surface area contributed by atoms with Gasteiger partial charge in [0.15, 0.2) is 11.0 Å². The number of hydrazone groups is 1. The molecule has 0 unspecified atom stereocenters. The average molecular weight is 582 g/mol. The zero-order chi connectivity index (χ0) is 27.4. The van der Waals surface area contributed by atoms with Crippen LogP contribution >= 0.6 is 35.0 Å². The van der Waals surface area contributed by atoms with Crippen molar-refractivity contribution < 1.29 is 9.72 Å². The quantitative estimate of drug-likeness (QED) is 0.116. The van der Waals surface area contributed by atoms with Crippen molar-refractivity contribution in [2.75, 3.05) is 5.75 Å². The number of hydrogen-bond donors (Lipinski definition) is 1. The minimum Gasteiger partial charge on any atom is -0.272 e. The van der Waals surface area contributed by atoms with E-state index >= 15 is 0 Å². The fourth-order valence-electron chi connectivity index (χ4n) is 3.63. The molecule has 5 aromatic rings. The summed E-state index contributed by atoms with van der Waals surface area (Å²) in [6.07, 6.45) is 1.33. The van der Waals surface area contributed by atoms with Crippen LogP contribution in [0.15, 0.2) is 77.0 Å². The van der Waals surface area contributed by atoms with Crippen LogP contribution in [0.4, 0.5) is 5.69 Å². The number of nitrogens with zero attached hydrogens (tertiary/aromatic N) is 8. The Hall–Kier alpha value is -4.33. The number of carbonyl (C=O) groups is 1. The first-order valence-electron chi connectivity index (χ1n) is 11.3. The van der Waals surface area contributed by atoms with E-state index in [0.29, 0.717) is 32.3 Å². The Bertz CT molecular complexity index is 1720. The van der Waals surface area contributed by atoms with E-state index in [1.54, 1.807) is 33.5 Å². The second-order valence-corrected chi connectivity index (χ2v) is 9.79. The van der Waals surface area contributed by atoms with Gasteiger partial charge in [-0.25, -0.2) is 10.1 Å². The smallest absolute Gasteiger partial charge is 0.270 e. The lowest BCUT2D eigenvalue weighted by atomic mass is 10.2. The number of benzene rings is 3. The van der Waals surface area contributed by atoms with Gasteiger partial charge in [0.1, 0.15) is 12.1 Å². The van der Waals surface area contributed by atoms with Crippen molar-refractivity contribution in [1.82, 2.24) is 35.2 Å². The third-order valence-corrected chi connectivity index (χ3v) is 6.85. The zero-order valence-corrected chi connectivity index (χ0v) is 22.1. The van der Waals surface area contributed by atoms with Crippen LogP contribution in [-0.4, -0.2) is 52.6 Å². The van der Waals surface area contributed by atoms with Crippen LogP contribution in [0.5, 0.6) is 0 Å². The molecule has 0 radical (unpaired) electrons. The largest absolute Gasteiger partial charge is 0.272 e. The summed E-state index contributed by atoms with van der Waals surface area (Å²) in [4.78, 5) is 22.9. The summed E-state index contributed by atoms with van der Waals surface area (Å²) >= 11 is 13.8. The summed E-state index contributed by atoms with van der Waals surface area (Å²) < 4.78 is 3.43. The van der Waals surface area contributed by atoms with Gasteiger partial charge in [-0.15, -0.1) is 15.3 Å². The molecule has 0 fully saturated rings. The maximum atomic E-state index is 12.5. The van der Waals surface area contributed by atoms with E-state index in [1.165, 1.54) is 24.4 Å². The molecular weight excluding hydrogens is 565 g/mol. The van der Waals surface area contributed by atoms with Gasteiger partial charge < -0.3 is 0 Å². The number of nitrogens with one attached hydrogen (secondary N) is 1. The third-order valence-electron chi connectivity index (χ3n) is 5.38. The van der Waals surface area contributed by atoms with Gasteiger partial charge in [-0.05, 0) is 30.3 Å². The fraction of sp³-hybridized carbons (Fsp3) is 0.0833. The number of nitro groups is 1. The first-order valence-corrected chi connectivity index (χ1v) is 13.0. The van der Waals surface area contributed by atoms with Gasteiger partial charge >= 0.3 is 0 Å². The predicted molar refractivity (Wildman–Crippen MR) is 148 cm³/mol. The highest BCUT2D eigenvalue weighted by atomic mass is 35.5. The normalized spacial score (nSPS) is 11.3. The number of carbonyl (C=O) groups excluding carboxylic acids is 1. The lowest BCUT2D eigenvalue weighted by molar-refractivity contribution is -0.384. The molecule has 15 heteroatoms. The molecule has 2 aromatic heterocycles. The Morgan fingerprint density at radius 1 is 1.08 bits per heavy atom. The Kier molecular flexibility index (Phi) is 7.81. The summed E-state index contributed by atoms with van der Waals surface area (Å²) in [5.41, 5.74) is 4.95. The molecule has 196 valence electrons. The van der Waals surface area contributed by atoms with E-state index in [-0.39, 0.29) is 18.0 Å². The highest BCUT2D eigenvalue weighted by Crippen LogP contribution is 2.30. The van der Waals surface area contributed by atoms with Crippen LogP contribution in [0.25, 0.3) is 16.7 Å². The second-order valence-electron chi connectivity index (χ2n) is 8.00. The van der Waals surface area contributed by atoms with Crippen LogP contribution in [0.2, 0.25) is 10.0 Å². The van der Waals surface area contributed by atoms with Crippen LogP contribution in [-0.2, 0) is 11.3 Å². The molecule has 39 heavy (non-hydrogen) atoms. The Morgan fingerprint density at radius 2 is 1.92 bits per heavy atom. The van der Waals surface area contributed by atoms with Crippen LogP contribution < -0.4 is 5.43 Å². The van der Waals surface area contributed by atoms with Crippen molar-refractivity contribution in [2.45, 2.75) is 11.7 Å². The number of hydrogen-bond acceptors (Lipinski definition) is 9. The molecular formula is C24H17Cl2N9O3S. The number of para-hydroxylation sites is 1. The summed E-state index contributed by atoms with van der Waals surface area (Å²) in [5.74, 6) is 0.0609. The molecule has 1 amide bonds. The molecule has 0 aliphatic heterocycles. The van der Waals surface area contributed by atoms with Gasteiger partial charge in [0.25, 0.3) is 11.6 Å². The number of non-ortho nitro benzene ring substituents is 1. The molecule has 0 saturated heterocycles. The highest BCUT2D eigenvalue weighted by molar-refractivity contribution is 7.99. The number of fused-ring (bicyclic) bond motifs is 1. The Labute approximate surface area is 234 Å². The van der Waals surface area contributed by atoms with E-state index in [4.69, 9.17) is 23.2 Å². The second kappa shape index (κ2) is 11.6. The topological polar surface area (TPSA) is 146 Å². The summed E-state index contributed by atoms with van der Waals surface area (Å²) in [7, 11) is 0. The predicted octanol–water partition coefficient (Wildman–Crippen LogP) is 4.52. The van der Waals surface area contributed by atoms with Crippen molar-refractivity contribution in [2.24, 2.45) is 5.10 Å². The number of amides is 1. The van der Waals surface area contributed by atoms with Gasteiger partial charge in [-0.1, -0.05) is 64.4 Å². The fourth-order valence-corrected chi connectivity index (χ4v) is 4.88. The van der Waals surface area contributed by atoms with Crippen LogP contribution in [0, 0.1) is 10.1 Å². The number of rotatable bonds is 9. The molecule has 12 nitrogen and oxygen atoms in total.